The molecule has 3 aromatic rings. The third kappa shape index (κ3) is 6.02. The maximum Gasteiger partial charge on any atom is 0.123 e. The van der Waals surface area contributed by atoms with Crippen LogP contribution in [0, 0.1) is 5.82 Å². The number of methoxy groups -OCH3 is 1. The predicted molar refractivity (Wildman–Crippen MR) is 135 cm³/mol. The van der Waals surface area contributed by atoms with Crippen molar-refractivity contribution in [3.05, 3.63) is 89.7 Å². The van der Waals surface area contributed by atoms with Crippen molar-refractivity contribution in [1.82, 2.24) is 10.6 Å². The Kier molecular flexibility index (Phi) is 9.98. The predicted octanol–water partition coefficient (Wildman–Crippen LogP) is 6.49. The Morgan fingerprint density at radius 1 is 0.969 bits per heavy atom. The highest BCUT2D eigenvalue weighted by molar-refractivity contribution is 5.85. The summed E-state index contributed by atoms with van der Waals surface area (Å²) in [5, 5.41) is 7.53. The Hall–Kier alpha value is -2.11. The summed E-state index contributed by atoms with van der Waals surface area (Å²) in [5.41, 5.74) is 4.47. The number of hydrogen-bond acceptors (Lipinski definition) is 3. The molecule has 1 heterocycles. The van der Waals surface area contributed by atoms with E-state index < -0.39 is 0 Å². The van der Waals surface area contributed by atoms with Gasteiger partial charge in [-0.05, 0) is 67.3 Å². The minimum Gasteiger partial charge on any atom is -0.496 e. The fraction of sp³-hybridized carbons (Fsp3) is 0.308. The molecule has 6 heteroatoms. The van der Waals surface area contributed by atoms with E-state index in [1.54, 1.807) is 7.11 Å². The van der Waals surface area contributed by atoms with Gasteiger partial charge >= 0.3 is 0 Å². The lowest BCUT2D eigenvalue weighted by Crippen LogP contribution is -2.46. The van der Waals surface area contributed by atoms with Crippen LogP contribution in [0.25, 0.3) is 11.1 Å². The van der Waals surface area contributed by atoms with E-state index in [2.05, 4.69) is 54.0 Å². The number of ether oxygens (including phenoxy) is 1. The molecule has 3 aromatic carbocycles. The van der Waals surface area contributed by atoms with Crippen LogP contribution in [-0.2, 0) is 0 Å². The van der Waals surface area contributed by atoms with Crippen LogP contribution in [0.1, 0.15) is 43.0 Å². The average Bonchev–Trinajstić information content (AvgIpc) is 2.80. The second-order valence-electron chi connectivity index (χ2n) is 7.94. The lowest BCUT2D eigenvalue weighted by atomic mass is 9.90. The average molecular weight is 477 g/mol. The molecule has 0 aromatic heterocycles. The molecule has 0 aliphatic carbocycles. The van der Waals surface area contributed by atoms with Gasteiger partial charge in [0.2, 0.25) is 0 Å². The highest BCUT2D eigenvalue weighted by Gasteiger charge is 2.28. The van der Waals surface area contributed by atoms with Gasteiger partial charge in [-0.3, -0.25) is 0 Å². The maximum atomic E-state index is 13.3. The number of rotatable bonds is 6. The van der Waals surface area contributed by atoms with E-state index in [0.717, 1.165) is 41.8 Å². The van der Waals surface area contributed by atoms with Gasteiger partial charge in [-0.15, -0.1) is 24.8 Å². The molecule has 3 atom stereocenters. The van der Waals surface area contributed by atoms with Crippen molar-refractivity contribution >= 4 is 24.8 Å². The SMILES string of the molecule is COc1ccc(-c2ccc(F)cc2)cc1[C@@H](C)N[C@H]1CCCN[C@@H]1c1ccccc1.Cl.Cl. The Bertz CT molecular complexity index is 969. The van der Waals surface area contributed by atoms with E-state index in [-0.39, 0.29) is 42.7 Å². The van der Waals surface area contributed by atoms with E-state index in [9.17, 15) is 4.39 Å². The summed E-state index contributed by atoms with van der Waals surface area (Å²) in [7, 11) is 1.71. The van der Waals surface area contributed by atoms with E-state index in [1.165, 1.54) is 17.7 Å². The largest absolute Gasteiger partial charge is 0.496 e. The van der Waals surface area contributed by atoms with Crippen molar-refractivity contribution < 1.29 is 9.13 Å². The Morgan fingerprint density at radius 3 is 2.34 bits per heavy atom. The molecular formula is C26H31Cl2FN2O. The molecule has 1 saturated heterocycles. The van der Waals surface area contributed by atoms with E-state index >= 15 is 0 Å². The quantitative estimate of drug-likeness (QED) is 0.426. The molecule has 4 rings (SSSR count). The van der Waals surface area contributed by atoms with Gasteiger partial charge in [-0.2, -0.15) is 0 Å². The molecule has 0 spiro atoms. The number of benzene rings is 3. The molecule has 0 saturated carbocycles. The van der Waals surface area contributed by atoms with Crippen LogP contribution in [0.15, 0.2) is 72.8 Å². The molecule has 172 valence electrons. The Morgan fingerprint density at radius 2 is 1.66 bits per heavy atom. The highest BCUT2D eigenvalue weighted by Crippen LogP contribution is 2.33. The Balaban J connectivity index is 0.00000181. The summed E-state index contributed by atoms with van der Waals surface area (Å²) in [6.45, 7) is 3.22. The Labute approximate surface area is 202 Å². The molecule has 3 nitrogen and oxygen atoms in total. The van der Waals surface area contributed by atoms with Crippen LogP contribution in [0.5, 0.6) is 5.75 Å². The molecule has 0 bridgehead atoms. The zero-order valence-corrected chi connectivity index (χ0v) is 20.0. The lowest BCUT2D eigenvalue weighted by molar-refractivity contribution is 0.284. The van der Waals surface area contributed by atoms with E-state index in [0.29, 0.717) is 6.04 Å². The minimum atomic E-state index is -0.223. The summed E-state index contributed by atoms with van der Waals surface area (Å²) >= 11 is 0. The molecule has 0 amide bonds. The van der Waals surface area contributed by atoms with Crippen LogP contribution in [-0.4, -0.2) is 19.7 Å². The van der Waals surface area contributed by atoms with Gasteiger partial charge in [0.05, 0.1) is 7.11 Å². The summed E-state index contributed by atoms with van der Waals surface area (Å²) in [5.74, 6) is 0.639. The number of nitrogens with one attached hydrogen (secondary N) is 2. The molecule has 1 aliphatic rings. The molecule has 1 aliphatic heterocycles. The standard InChI is InChI=1S/C26H29FN2O.2ClH/c1-18(29-24-9-6-16-28-26(24)20-7-4-3-5-8-20)23-17-21(12-15-25(23)30-2)19-10-13-22(27)14-11-19;;/h3-5,7-8,10-15,17-18,24,26,28-29H,6,9,16H2,1-2H3;2*1H/t18-,24+,26-;;/m1../s1. The second kappa shape index (κ2) is 12.2. The van der Waals surface area contributed by atoms with E-state index in [1.807, 2.05) is 24.3 Å². The number of piperidine rings is 1. The van der Waals surface area contributed by atoms with Gasteiger partial charge < -0.3 is 15.4 Å². The van der Waals surface area contributed by atoms with Crippen molar-refractivity contribution in [3.8, 4) is 16.9 Å². The zero-order chi connectivity index (χ0) is 20.9. The summed E-state index contributed by atoms with van der Waals surface area (Å²) in [4.78, 5) is 0. The number of hydrogen-bond donors (Lipinski definition) is 2. The molecule has 2 N–H and O–H groups in total. The van der Waals surface area contributed by atoms with E-state index in [4.69, 9.17) is 4.74 Å². The van der Waals surface area contributed by atoms with Gasteiger partial charge in [0.15, 0.2) is 0 Å². The van der Waals surface area contributed by atoms with Gasteiger partial charge in [-0.25, -0.2) is 4.39 Å². The smallest absolute Gasteiger partial charge is 0.123 e. The topological polar surface area (TPSA) is 33.3 Å². The first-order valence-corrected chi connectivity index (χ1v) is 10.6. The van der Waals surface area contributed by atoms with Crippen molar-refractivity contribution in [2.45, 2.75) is 37.9 Å². The maximum absolute atomic E-state index is 13.3. The fourth-order valence-electron chi connectivity index (χ4n) is 4.38. The molecule has 32 heavy (non-hydrogen) atoms. The normalized spacial score (nSPS) is 18.7. The van der Waals surface area contributed by atoms with Crippen LogP contribution in [0.3, 0.4) is 0 Å². The monoisotopic (exact) mass is 476 g/mol. The first kappa shape index (κ1) is 26.1. The van der Waals surface area contributed by atoms with Crippen molar-refractivity contribution in [1.29, 1.82) is 0 Å². The third-order valence-corrected chi connectivity index (χ3v) is 5.96. The third-order valence-electron chi connectivity index (χ3n) is 5.96. The molecular weight excluding hydrogens is 446 g/mol. The molecule has 1 fully saturated rings. The van der Waals surface area contributed by atoms with Crippen LogP contribution in [0.4, 0.5) is 4.39 Å². The van der Waals surface area contributed by atoms with Gasteiger partial charge in [0.1, 0.15) is 11.6 Å². The fourth-order valence-corrected chi connectivity index (χ4v) is 4.38. The van der Waals surface area contributed by atoms with Gasteiger partial charge in [0, 0.05) is 23.7 Å². The van der Waals surface area contributed by atoms with Crippen molar-refractivity contribution in [2.75, 3.05) is 13.7 Å². The summed E-state index contributed by atoms with van der Waals surface area (Å²) < 4.78 is 19.0. The van der Waals surface area contributed by atoms with Gasteiger partial charge in [-0.1, -0.05) is 48.5 Å². The van der Waals surface area contributed by atoms with Crippen molar-refractivity contribution in [2.24, 2.45) is 0 Å². The first-order chi connectivity index (χ1) is 14.7. The molecule has 0 unspecified atom stereocenters. The van der Waals surface area contributed by atoms with Crippen molar-refractivity contribution in [3.63, 3.8) is 0 Å². The van der Waals surface area contributed by atoms with Gasteiger partial charge in [0.25, 0.3) is 0 Å². The zero-order valence-electron chi connectivity index (χ0n) is 18.4. The molecule has 0 radical (unpaired) electrons. The second-order valence-corrected chi connectivity index (χ2v) is 7.94. The minimum absolute atomic E-state index is 0. The number of halogens is 3. The summed E-state index contributed by atoms with van der Waals surface area (Å²) in [6, 6.07) is 24.2. The summed E-state index contributed by atoms with van der Waals surface area (Å²) in [6.07, 6.45) is 2.28. The first-order valence-electron chi connectivity index (χ1n) is 10.6. The lowest BCUT2D eigenvalue weighted by Gasteiger charge is -2.36. The van der Waals surface area contributed by atoms with Crippen LogP contribution >= 0.6 is 24.8 Å². The highest BCUT2D eigenvalue weighted by atomic mass is 35.5. The van der Waals surface area contributed by atoms with Crippen LogP contribution < -0.4 is 15.4 Å². The van der Waals surface area contributed by atoms with Crippen LogP contribution in [0.2, 0.25) is 0 Å².